The number of nitrogens with two attached hydrogens (primary N) is 1. The van der Waals surface area contributed by atoms with Crippen molar-refractivity contribution < 1.29 is 13.5 Å². The van der Waals surface area contributed by atoms with Crippen molar-refractivity contribution in [2.24, 2.45) is 17.6 Å². The summed E-state index contributed by atoms with van der Waals surface area (Å²) in [7, 11) is 0. The second-order valence-corrected chi connectivity index (χ2v) is 6.69. The van der Waals surface area contributed by atoms with E-state index in [2.05, 4.69) is 17.0 Å². The lowest BCUT2D eigenvalue weighted by molar-refractivity contribution is 0.227. The van der Waals surface area contributed by atoms with E-state index in [0.717, 1.165) is 18.6 Å². The minimum absolute atomic E-state index is 0.0933. The maximum Gasteiger partial charge on any atom is 0.165 e. The molecular weight excluding hydrogens is 338 g/mol. The normalized spacial score (nSPS) is 13.7. The highest BCUT2D eigenvalue weighted by molar-refractivity contribution is 5.64. The maximum absolute atomic E-state index is 14.6. The van der Waals surface area contributed by atoms with Crippen LogP contribution in [-0.4, -0.2) is 27.7 Å². The zero-order chi connectivity index (χ0) is 18.7. The molecule has 0 saturated heterocycles. The topological polar surface area (TPSA) is 65.4 Å². The lowest BCUT2D eigenvalue weighted by Crippen LogP contribution is -2.18. The second-order valence-electron chi connectivity index (χ2n) is 6.69. The van der Waals surface area contributed by atoms with Gasteiger partial charge in [0.25, 0.3) is 0 Å². The third kappa shape index (κ3) is 3.83. The maximum atomic E-state index is 14.6. The number of halogens is 2. The fourth-order valence-electron chi connectivity index (χ4n) is 2.96. The summed E-state index contributed by atoms with van der Waals surface area (Å²) in [6, 6.07) is 5.50. The number of fused-ring (bicyclic) bond motifs is 1. The Morgan fingerprint density at radius 3 is 2.69 bits per heavy atom. The van der Waals surface area contributed by atoms with E-state index >= 15 is 0 Å². The van der Waals surface area contributed by atoms with Crippen LogP contribution in [0.2, 0.25) is 0 Å². The van der Waals surface area contributed by atoms with E-state index in [1.807, 2.05) is 6.92 Å². The quantitative estimate of drug-likeness (QED) is 0.698. The molecule has 0 amide bonds. The van der Waals surface area contributed by atoms with Crippen molar-refractivity contribution in [2.75, 3.05) is 13.2 Å². The Morgan fingerprint density at radius 1 is 1.12 bits per heavy atom. The zero-order valence-corrected chi connectivity index (χ0v) is 14.8. The minimum atomic E-state index is -0.613. The third-order valence-electron chi connectivity index (χ3n) is 4.32. The van der Waals surface area contributed by atoms with Gasteiger partial charge in [-0.15, -0.1) is 0 Å². The molecule has 2 aromatic heterocycles. The van der Waals surface area contributed by atoms with Crippen LogP contribution < -0.4 is 10.5 Å². The summed E-state index contributed by atoms with van der Waals surface area (Å²) in [5.74, 6) is -0.727. The predicted octanol–water partition coefficient (Wildman–Crippen LogP) is 3.67. The van der Waals surface area contributed by atoms with E-state index < -0.39 is 11.6 Å². The van der Waals surface area contributed by atoms with Gasteiger partial charge in [0.05, 0.1) is 18.5 Å². The summed E-state index contributed by atoms with van der Waals surface area (Å²) in [5, 5.41) is 4.11. The first-order valence-electron chi connectivity index (χ1n) is 8.60. The van der Waals surface area contributed by atoms with Gasteiger partial charge in [-0.05, 0) is 36.9 Å². The van der Waals surface area contributed by atoms with Crippen molar-refractivity contribution in [1.29, 1.82) is 0 Å². The summed E-state index contributed by atoms with van der Waals surface area (Å²) in [4.78, 5) is 4.13. The average molecular weight is 360 g/mol. The van der Waals surface area contributed by atoms with Gasteiger partial charge in [0, 0.05) is 23.9 Å². The molecule has 0 radical (unpaired) electrons. The molecule has 2 atom stereocenters. The zero-order valence-electron chi connectivity index (χ0n) is 14.8. The Kier molecular flexibility index (Phi) is 5.46. The van der Waals surface area contributed by atoms with Crippen LogP contribution in [0.1, 0.15) is 20.3 Å². The van der Waals surface area contributed by atoms with Crippen molar-refractivity contribution in [1.82, 2.24) is 14.6 Å². The van der Waals surface area contributed by atoms with E-state index in [1.54, 1.807) is 18.3 Å². The highest BCUT2D eigenvalue weighted by Gasteiger charge is 2.16. The molecule has 7 heteroatoms. The Bertz CT molecular complexity index is 896. The molecule has 0 aliphatic heterocycles. The van der Waals surface area contributed by atoms with Crippen molar-refractivity contribution in [3.63, 3.8) is 0 Å². The molecule has 26 heavy (non-hydrogen) atoms. The van der Waals surface area contributed by atoms with Crippen LogP contribution in [0, 0.1) is 23.5 Å². The average Bonchev–Trinajstić information content (AvgIpc) is 3.10. The SMILES string of the molecule is CC(CN)CC(C)COc1cc(F)c(-c2ccnc3ccnn23)cc1F. The number of aromatic nitrogens is 3. The molecule has 3 aromatic rings. The molecule has 3 rings (SSSR count). The van der Waals surface area contributed by atoms with Gasteiger partial charge < -0.3 is 10.5 Å². The summed E-state index contributed by atoms with van der Waals surface area (Å²) in [6.45, 7) is 4.95. The molecule has 0 fully saturated rings. The van der Waals surface area contributed by atoms with Crippen molar-refractivity contribution in [3.05, 3.63) is 48.3 Å². The van der Waals surface area contributed by atoms with Gasteiger partial charge in [0.1, 0.15) is 5.82 Å². The second kappa shape index (κ2) is 7.78. The van der Waals surface area contributed by atoms with Gasteiger partial charge in [-0.2, -0.15) is 5.10 Å². The first-order valence-corrected chi connectivity index (χ1v) is 8.60. The molecule has 0 saturated carbocycles. The lowest BCUT2D eigenvalue weighted by Gasteiger charge is -2.17. The number of hydrogen-bond acceptors (Lipinski definition) is 4. The first-order chi connectivity index (χ1) is 12.5. The number of hydrogen-bond donors (Lipinski definition) is 1. The molecule has 2 heterocycles. The van der Waals surface area contributed by atoms with Crippen molar-refractivity contribution in [3.8, 4) is 17.0 Å². The van der Waals surface area contributed by atoms with Gasteiger partial charge in [-0.1, -0.05) is 13.8 Å². The van der Waals surface area contributed by atoms with Crippen LogP contribution in [0.25, 0.3) is 16.9 Å². The first kappa shape index (κ1) is 18.3. The Morgan fingerprint density at radius 2 is 1.92 bits per heavy atom. The molecule has 2 unspecified atom stereocenters. The Labute approximate surface area is 150 Å². The van der Waals surface area contributed by atoms with E-state index in [-0.39, 0.29) is 17.2 Å². The third-order valence-corrected chi connectivity index (χ3v) is 4.32. The predicted molar refractivity (Wildman–Crippen MR) is 95.8 cm³/mol. The molecule has 0 spiro atoms. The van der Waals surface area contributed by atoms with E-state index in [4.69, 9.17) is 10.5 Å². The molecule has 138 valence electrons. The van der Waals surface area contributed by atoms with Gasteiger partial charge in [0.2, 0.25) is 0 Å². The summed E-state index contributed by atoms with van der Waals surface area (Å²) >= 11 is 0. The molecule has 0 aliphatic carbocycles. The Hall–Kier alpha value is -2.54. The van der Waals surface area contributed by atoms with E-state index in [0.29, 0.717) is 30.4 Å². The number of nitrogens with zero attached hydrogens (tertiary/aromatic N) is 3. The summed E-state index contributed by atoms with van der Waals surface area (Å²) < 4.78 is 36.0. The summed E-state index contributed by atoms with van der Waals surface area (Å²) in [5.41, 5.74) is 6.71. The fourth-order valence-corrected chi connectivity index (χ4v) is 2.96. The number of benzene rings is 1. The van der Waals surface area contributed by atoms with Crippen LogP contribution in [-0.2, 0) is 0 Å². The van der Waals surface area contributed by atoms with Gasteiger partial charge in [-0.25, -0.2) is 18.3 Å². The lowest BCUT2D eigenvalue weighted by atomic mass is 9.98. The standard InChI is InChI=1S/C19H22F2N4O/c1-12(10-22)7-13(2)11-26-18-9-15(20)14(8-16(18)21)17-3-5-23-19-4-6-24-25(17)19/h3-6,8-9,12-13H,7,10-11,22H2,1-2H3. The largest absolute Gasteiger partial charge is 0.490 e. The van der Waals surface area contributed by atoms with Crippen LogP contribution >= 0.6 is 0 Å². The smallest absolute Gasteiger partial charge is 0.165 e. The Balaban J connectivity index is 1.82. The minimum Gasteiger partial charge on any atom is -0.490 e. The molecule has 0 bridgehead atoms. The summed E-state index contributed by atoms with van der Waals surface area (Å²) in [6.07, 6.45) is 3.96. The van der Waals surface area contributed by atoms with Gasteiger partial charge in [0.15, 0.2) is 17.2 Å². The molecular formula is C19H22F2N4O. The highest BCUT2D eigenvalue weighted by atomic mass is 19.1. The number of rotatable bonds is 7. The van der Waals surface area contributed by atoms with E-state index in [9.17, 15) is 8.78 Å². The monoisotopic (exact) mass is 360 g/mol. The van der Waals surface area contributed by atoms with Crippen LogP contribution in [0.3, 0.4) is 0 Å². The van der Waals surface area contributed by atoms with Crippen LogP contribution in [0.4, 0.5) is 8.78 Å². The van der Waals surface area contributed by atoms with Crippen LogP contribution in [0.15, 0.2) is 36.7 Å². The van der Waals surface area contributed by atoms with Crippen molar-refractivity contribution in [2.45, 2.75) is 20.3 Å². The highest BCUT2D eigenvalue weighted by Crippen LogP contribution is 2.29. The van der Waals surface area contributed by atoms with Gasteiger partial charge >= 0.3 is 0 Å². The van der Waals surface area contributed by atoms with E-state index in [1.165, 1.54) is 10.7 Å². The fraction of sp³-hybridized carbons (Fsp3) is 0.368. The molecule has 1 aromatic carbocycles. The van der Waals surface area contributed by atoms with Crippen molar-refractivity contribution >= 4 is 5.65 Å². The van der Waals surface area contributed by atoms with Gasteiger partial charge in [-0.3, -0.25) is 0 Å². The molecule has 5 nitrogen and oxygen atoms in total. The van der Waals surface area contributed by atoms with Crippen LogP contribution in [0.5, 0.6) is 5.75 Å². The molecule has 2 N–H and O–H groups in total. The molecule has 0 aliphatic rings. The number of ether oxygens (including phenoxy) is 1.